The zero-order valence-electron chi connectivity index (χ0n) is 13.3. The van der Waals surface area contributed by atoms with E-state index < -0.39 is 0 Å². The fraction of sp³-hybridized carbons (Fsp3) is 0.938. The smallest absolute Gasteiger partial charge is 0.222 e. The van der Waals surface area contributed by atoms with Crippen molar-refractivity contribution in [1.29, 1.82) is 0 Å². The lowest BCUT2D eigenvalue weighted by molar-refractivity contribution is -0.133. The van der Waals surface area contributed by atoms with Gasteiger partial charge in [-0.3, -0.25) is 4.79 Å². The van der Waals surface area contributed by atoms with Crippen molar-refractivity contribution in [1.82, 2.24) is 4.90 Å². The molecule has 1 saturated heterocycles. The minimum Gasteiger partial charge on any atom is -0.384 e. The number of rotatable bonds is 9. The van der Waals surface area contributed by atoms with Crippen LogP contribution >= 0.6 is 0 Å². The first-order chi connectivity index (χ1) is 9.71. The van der Waals surface area contributed by atoms with E-state index in [-0.39, 0.29) is 0 Å². The van der Waals surface area contributed by atoms with Crippen LogP contribution in [-0.2, 0) is 9.53 Å². The third kappa shape index (κ3) is 6.23. The van der Waals surface area contributed by atoms with Gasteiger partial charge < -0.3 is 15.4 Å². The summed E-state index contributed by atoms with van der Waals surface area (Å²) in [5.74, 6) is 1.59. The standard InChI is InChI=1S/C16H32N2O2/c1-3-4-14(7-10-17)5-6-16(19)18-11-8-15(9-12-18)13-20-2/h14-15H,3-13,17H2,1-2H3. The molecule has 0 bridgehead atoms. The number of hydrogen-bond acceptors (Lipinski definition) is 3. The predicted molar refractivity (Wildman–Crippen MR) is 82.5 cm³/mol. The Kier molecular flexibility index (Phi) is 8.86. The average molecular weight is 284 g/mol. The Morgan fingerprint density at radius 3 is 2.55 bits per heavy atom. The van der Waals surface area contributed by atoms with Crippen LogP contribution in [0.1, 0.15) is 51.9 Å². The molecule has 20 heavy (non-hydrogen) atoms. The molecule has 0 aromatic heterocycles. The third-order valence-electron chi connectivity index (χ3n) is 4.41. The SMILES string of the molecule is CCCC(CCN)CCC(=O)N1CCC(COC)CC1. The van der Waals surface area contributed by atoms with Crippen molar-refractivity contribution >= 4 is 5.91 Å². The van der Waals surface area contributed by atoms with E-state index in [1.165, 1.54) is 12.8 Å². The highest BCUT2D eigenvalue weighted by Crippen LogP contribution is 2.21. The van der Waals surface area contributed by atoms with Gasteiger partial charge >= 0.3 is 0 Å². The predicted octanol–water partition coefficient (Wildman–Crippen LogP) is 2.42. The molecule has 1 aliphatic rings. The summed E-state index contributed by atoms with van der Waals surface area (Å²) in [4.78, 5) is 14.3. The molecule has 0 aliphatic carbocycles. The number of nitrogens with two attached hydrogens (primary N) is 1. The zero-order chi connectivity index (χ0) is 14.8. The number of carbonyl (C=O) groups excluding carboxylic acids is 1. The van der Waals surface area contributed by atoms with Gasteiger partial charge in [0.05, 0.1) is 0 Å². The normalized spacial score (nSPS) is 18.2. The molecule has 0 aromatic rings. The van der Waals surface area contributed by atoms with Gasteiger partial charge in [0.15, 0.2) is 0 Å². The van der Waals surface area contributed by atoms with Gasteiger partial charge in [0.2, 0.25) is 5.91 Å². The second kappa shape index (κ2) is 10.2. The Morgan fingerprint density at radius 1 is 1.30 bits per heavy atom. The fourth-order valence-corrected chi connectivity index (χ4v) is 3.15. The molecule has 1 heterocycles. The molecule has 1 fully saturated rings. The van der Waals surface area contributed by atoms with Gasteiger partial charge in [-0.05, 0) is 44.1 Å². The number of ether oxygens (including phenoxy) is 1. The van der Waals surface area contributed by atoms with E-state index in [1.54, 1.807) is 7.11 Å². The first-order valence-corrected chi connectivity index (χ1v) is 8.18. The summed E-state index contributed by atoms with van der Waals surface area (Å²) in [7, 11) is 1.75. The Morgan fingerprint density at radius 2 is 2.00 bits per heavy atom. The van der Waals surface area contributed by atoms with Crippen molar-refractivity contribution < 1.29 is 9.53 Å². The maximum absolute atomic E-state index is 12.2. The van der Waals surface area contributed by atoms with E-state index >= 15 is 0 Å². The number of piperidine rings is 1. The highest BCUT2D eigenvalue weighted by atomic mass is 16.5. The lowest BCUT2D eigenvalue weighted by Crippen LogP contribution is -2.39. The molecule has 4 heteroatoms. The second-order valence-electron chi connectivity index (χ2n) is 6.05. The van der Waals surface area contributed by atoms with Crippen molar-refractivity contribution in [3.8, 4) is 0 Å². The van der Waals surface area contributed by atoms with Crippen molar-refractivity contribution in [2.75, 3.05) is 33.4 Å². The van der Waals surface area contributed by atoms with Gasteiger partial charge in [0, 0.05) is 33.2 Å². The highest BCUT2D eigenvalue weighted by Gasteiger charge is 2.22. The Bertz CT molecular complexity index is 257. The second-order valence-corrected chi connectivity index (χ2v) is 6.05. The molecular weight excluding hydrogens is 252 g/mol. The topological polar surface area (TPSA) is 55.6 Å². The highest BCUT2D eigenvalue weighted by molar-refractivity contribution is 5.76. The van der Waals surface area contributed by atoms with Crippen LogP contribution in [0.2, 0.25) is 0 Å². The van der Waals surface area contributed by atoms with Crippen LogP contribution in [0.4, 0.5) is 0 Å². The van der Waals surface area contributed by atoms with E-state index in [4.69, 9.17) is 10.5 Å². The molecule has 118 valence electrons. The van der Waals surface area contributed by atoms with Crippen molar-refractivity contribution in [2.24, 2.45) is 17.6 Å². The molecular formula is C16H32N2O2. The summed E-state index contributed by atoms with van der Waals surface area (Å²) in [6.07, 6.45) is 7.29. The monoisotopic (exact) mass is 284 g/mol. The fourth-order valence-electron chi connectivity index (χ4n) is 3.15. The van der Waals surface area contributed by atoms with Crippen LogP contribution in [0.5, 0.6) is 0 Å². The molecule has 0 spiro atoms. The first-order valence-electron chi connectivity index (χ1n) is 8.18. The number of likely N-dealkylation sites (tertiary alicyclic amines) is 1. The van der Waals surface area contributed by atoms with Crippen LogP contribution in [0, 0.1) is 11.8 Å². The quantitative estimate of drug-likeness (QED) is 0.707. The van der Waals surface area contributed by atoms with E-state index in [2.05, 4.69) is 6.92 Å². The summed E-state index contributed by atoms with van der Waals surface area (Å²) in [5, 5.41) is 0. The minimum atomic E-state index is 0.332. The van der Waals surface area contributed by atoms with E-state index in [9.17, 15) is 4.79 Å². The Hall–Kier alpha value is -0.610. The number of methoxy groups -OCH3 is 1. The van der Waals surface area contributed by atoms with Gasteiger partial charge in [-0.25, -0.2) is 0 Å². The molecule has 1 amide bonds. The van der Waals surface area contributed by atoms with Crippen LogP contribution in [-0.4, -0.2) is 44.2 Å². The van der Waals surface area contributed by atoms with Crippen molar-refractivity contribution in [3.63, 3.8) is 0 Å². The molecule has 0 saturated carbocycles. The van der Waals surface area contributed by atoms with Gasteiger partial charge in [0.25, 0.3) is 0 Å². The summed E-state index contributed by atoms with van der Waals surface area (Å²) in [6.45, 7) is 5.58. The minimum absolute atomic E-state index is 0.332. The maximum atomic E-state index is 12.2. The lowest BCUT2D eigenvalue weighted by Gasteiger charge is -2.32. The average Bonchev–Trinajstić information content (AvgIpc) is 2.46. The van der Waals surface area contributed by atoms with Gasteiger partial charge in [-0.15, -0.1) is 0 Å². The maximum Gasteiger partial charge on any atom is 0.222 e. The molecule has 4 nitrogen and oxygen atoms in total. The number of carbonyl (C=O) groups is 1. The largest absolute Gasteiger partial charge is 0.384 e. The first kappa shape index (κ1) is 17.4. The van der Waals surface area contributed by atoms with Gasteiger partial charge in [-0.2, -0.15) is 0 Å². The summed E-state index contributed by atoms with van der Waals surface area (Å²) in [5.41, 5.74) is 5.65. The van der Waals surface area contributed by atoms with Crippen molar-refractivity contribution in [2.45, 2.75) is 51.9 Å². The Labute approximate surface area is 124 Å². The van der Waals surface area contributed by atoms with E-state index in [0.29, 0.717) is 24.2 Å². The zero-order valence-corrected chi connectivity index (χ0v) is 13.3. The van der Waals surface area contributed by atoms with Crippen molar-refractivity contribution in [3.05, 3.63) is 0 Å². The summed E-state index contributed by atoms with van der Waals surface area (Å²) in [6, 6.07) is 0. The van der Waals surface area contributed by atoms with Crippen LogP contribution in [0.15, 0.2) is 0 Å². The van der Waals surface area contributed by atoms with E-state index in [0.717, 1.165) is 51.9 Å². The summed E-state index contributed by atoms with van der Waals surface area (Å²) < 4.78 is 5.19. The van der Waals surface area contributed by atoms with Gasteiger partial charge in [0.1, 0.15) is 0 Å². The molecule has 0 aromatic carbocycles. The molecule has 1 aliphatic heterocycles. The number of amides is 1. The molecule has 1 rings (SSSR count). The Balaban J connectivity index is 2.25. The van der Waals surface area contributed by atoms with Gasteiger partial charge in [-0.1, -0.05) is 19.8 Å². The molecule has 2 N–H and O–H groups in total. The van der Waals surface area contributed by atoms with Crippen LogP contribution in [0.25, 0.3) is 0 Å². The number of nitrogens with zero attached hydrogens (tertiary/aromatic N) is 1. The van der Waals surface area contributed by atoms with Crippen LogP contribution in [0.3, 0.4) is 0 Å². The van der Waals surface area contributed by atoms with E-state index in [1.807, 2.05) is 4.90 Å². The number of hydrogen-bond donors (Lipinski definition) is 1. The molecule has 1 atom stereocenters. The summed E-state index contributed by atoms with van der Waals surface area (Å²) >= 11 is 0. The lowest BCUT2D eigenvalue weighted by atomic mass is 9.93. The third-order valence-corrected chi connectivity index (χ3v) is 4.41. The molecule has 0 radical (unpaired) electrons. The van der Waals surface area contributed by atoms with Crippen LogP contribution < -0.4 is 5.73 Å². The molecule has 1 unspecified atom stereocenters.